The number of aryl methyl sites for hydroxylation is 2. The van der Waals surface area contributed by atoms with Gasteiger partial charge in [-0.05, 0) is 55.2 Å². The second-order valence-corrected chi connectivity index (χ2v) is 6.94. The lowest BCUT2D eigenvalue weighted by Crippen LogP contribution is -2.61. The first-order valence-electron chi connectivity index (χ1n) is 8.59. The highest BCUT2D eigenvalue weighted by Gasteiger charge is 2.37. The summed E-state index contributed by atoms with van der Waals surface area (Å²) in [6, 6.07) is 15.2. The number of carbonyl (C=O) groups excluding carboxylic acids is 1. The van der Waals surface area contributed by atoms with Crippen molar-refractivity contribution in [3.8, 4) is 0 Å². The van der Waals surface area contributed by atoms with E-state index < -0.39 is 0 Å². The molecule has 4 rings (SSSR count). The van der Waals surface area contributed by atoms with Crippen LogP contribution in [0.25, 0.3) is 0 Å². The van der Waals surface area contributed by atoms with Gasteiger partial charge in [0.05, 0.1) is 6.04 Å². The molecule has 2 heterocycles. The van der Waals surface area contributed by atoms with Gasteiger partial charge in [-0.3, -0.25) is 0 Å². The number of nitrogens with zero attached hydrogens (tertiary/aromatic N) is 2. The predicted molar refractivity (Wildman–Crippen MR) is 97.8 cm³/mol. The van der Waals surface area contributed by atoms with Crippen LogP contribution in [0.1, 0.15) is 16.7 Å². The van der Waals surface area contributed by atoms with Crippen molar-refractivity contribution in [1.82, 2.24) is 4.90 Å². The van der Waals surface area contributed by atoms with Crippen LogP contribution in [0.15, 0.2) is 42.5 Å². The van der Waals surface area contributed by atoms with Gasteiger partial charge in [-0.15, -0.1) is 0 Å². The van der Waals surface area contributed by atoms with E-state index >= 15 is 0 Å². The molecule has 2 amide bonds. The fourth-order valence-electron chi connectivity index (χ4n) is 3.81. The van der Waals surface area contributed by atoms with E-state index in [9.17, 15) is 4.79 Å². The van der Waals surface area contributed by atoms with Gasteiger partial charge in [0.1, 0.15) is 0 Å². The van der Waals surface area contributed by atoms with E-state index in [1.54, 1.807) is 0 Å². The number of urea groups is 1. The molecule has 0 atom stereocenters. The van der Waals surface area contributed by atoms with Crippen LogP contribution in [0.2, 0.25) is 0 Å². The van der Waals surface area contributed by atoms with Crippen molar-refractivity contribution < 1.29 is 4.79 Å². The number of nitrogens with one attached hydrogen (secondary N) is 1. The van der Waals surface area contributed by atoms with Crippen molar-refractivity contribution >= 4 is 17.4 Å². The van der Waals surface area contributed by atoms with E-state index in [4.69, 9.17) is 0 Å². The minimum absolute atomic E-state index is 0.00346. The molecule has 124 valence electrons. The third-order valence-corrected chi connectivity index (χ3v) is 4.99. The van der Waals surface area contributed by atoms with E-state index in [-0.39, 0.29) is 6.03 Å². The Labute approximate surface area is 143 Å². The SMILES string of the molecule is Cc1cc(C)cc(NC(=O)N2CC(N3CCc4ccccc43)C2)c1. The summed E-state index contributed by atoms with van der Waals surface area (Å²) in [4.78, 5) is 16.8. The highest BCUT2D eigenvalue weighted by Crippen LogP contribution is 2.32. The van der Waals surface area contributed by atoms with Crippen LogP contribution in [0, 0.1) is 13.8 Å². The first-order valence-corrected chi connectivity index (χ1v) is 8.59. The smallest absolute Gasteiger partial charge is 0.321 e. The second-order valence-electron chi connectivity index (χ2n) is 6.94. The molecule has 0 aliphatic carbocycles. The number of anilines is 2. The normalized spacial score (nSPS) is 16.8. The molecule has 0 unspecified atom stereocenters. The maximum atomic E-state index is 12.4. The lowest BCUT2D eigenvalue weighted by atomic mass is 10.1. The lowest BCUT2D eigenvalue weighted by Gasteiger charge is -2.45. The summed E-state index contributed by atoms with van der Waals surface area (Å²) in [6.07, 6.45) is 1.11. The van der Waals surface area contributed by atoms with Crippen LogP contribution in [0.4, 0.5) is 16.2 Å². The van der Waals surface area contributed by atoms with Crippen LogP contribution >= 0.6 is 0 Å². The minimum Gasteiger partial charge on any atom is -0.364 e. The van der Waals surface area contributed by atoms with Gasteiger partial charge in [0, 0.05) is 31.0 Å². The van der Waals surface area contributed by atoms with Crippen molar-refractivity contribution in [2.24, 2.45) is 0 Å². The number of fused-ring (bicyclic) bond motifs is 1. The minimum atomic E-state index is 0.00346. The van der Waals surface area contributed by atoms with Gasteiger partial charge in [-0.2, -0.15) is 0 Å². The molecule has 1 fully saturated rings. The summed E-state index contributed by atoms with van der Waals surface area (Å²) in [7, 11) is 0. The number of carbonyl (C=O) groups is 1. The van der Waals surface area contributed by atoms with Gasteiger partial charge >= 0.3 is 6.03 Å². The molecule has 2 aliphatic rings. The van der Waals surface area contributed by atoms with Crippen LogP contribution < -0.4 is 10.2 Å². The summed E-state index contributed by atoms with van der Waals surface area (Å²) >= 11 is 0. The van der Waals surface area contributed by atoms with Crippen molar-refractivity contribution in [2.75, 3.05) is 29.9 Å². The molecule has 2 aliphatic heterocycles. The molecule has 0 spiro atoms. The van der Waals surface area contributed by atoms with Gasteiger partial charge in [0.2, 0.25) is 0 Å². The fraction of sp³-hybridized carbons (Fsp3) is 0.350. The van der Waals surface area contributed by atoms with E-state index in [2.05, 4.69) is 40.5 Å². The number of amides is 2. The van der Waals surface area contributed by atoms with Gasteiger partial charge in [-0.25, -0.2) is 4.79 Å². The molecule has 0 aromatic heterocycles. The highest BCUT2D eigenvalue weighted by molar-refractivity contribution is 5.90. The standard InChI is InChI=1S/C20H23N3O/c1-14-9-15(2)11-17(10-14)21-20(24)22-12-18(13-22)23-8-7-16-5-3-4-6-19(16)23/h3-6,9-11,18H,7-8,12-13H2,1-2H3,(H,21,24). The van der Waals surface area contributed by atoms with Crippen molar-refractivity contribution in [3.05, 3.63) is 59.2 Å². The zero-order valence-corrected chi connectivity index (χ0v) is 14.2. The van der Waals surface area contributed by atoms with E-state index in [0.29, 0.717) is 6.04 Å². The molecular weight excluding hydrogens is 298 g/mol. The zero-order valence-electron chi connectivity index (χ0n) is 14.2. The predicted octanol–water partition coefficient (Wildman–Crippen LogP) is 3.58. The van der Waals surface area contributed by atoms with Crippen molar-refractivity contribution in [3.63, 3.8) is 0 Å². The average Bonchev–Trinajstić information content (AvgIpc) is 2.89. The van der Waals surface area contributed by atoms with E-state index in [1.807, 2.05) is 30.9 Å². The van der Waals surface area contributed by atoms with Crippen LogP contribution in [0.5, 0.6) is 0 Å². The van der Waals surface area contributed by atoms with E-state index in [0.717, 1.165) is 31.7 Å². The monoisotopic (exact) mass is 321 g/mol. The summed E-state index contributed by atoms with van der Waals surface area (Å²) in [6.45, 7) is 6.76. The van der Waals surface area contributed by atoms with Crippen LogP contribution in [-0.4, -0.2) is 36.6 Å². The second kappa shape index (κ2) is 5.86. The Hall–Kier alpha value is -2.49. The molecule has 4 heteroatoms. The number of rotatable bonds is 2. The van der Waals surface area contributed by atoms with Crippen molar-refractivity contribution in [2.45, 2.75) is 26.3 Å². The Bertz CT molecular complexity index is 760. The summed E-state index contributed by atoms with van der Waals surface area (Å²) < 4.78 is 0. The van der Waals surface area contributed by atoms with Gasteiger partial charge < -0.3 is 15.1 Å². The molecule has 0 saturated carbocycles. The molecule has 24 heavy (non-hydrogen) atoms. The zero-order chi connectivity index (χ0) is 16.7. The summed E-state index contributed by atoms with van der Waals surface area (Å²) in [5.41, 5.74) is 5.99. The molecule has 0 radical (unpaired) electrons. The third kappa shape index (κ3) is 2.73. The molecule has 4 nitrogen and oxygen atoms in total. The number of hydrogen-bond donors (Lipinski definition) is 1. The Morgan fingerprint density at radius 3 is 2.54 bits per heavy atom. The number of likely N-dealkylation sites (tertiary alicyclic amines) is 1. The first kappa shape index (κ1) is 15.1. The molecule has 1 N–H and O–H groups in total. The molecule has 1 saturated heterocycles. The number of hydrogen-bond acceptors (Lipinski definition) is 2. The maximum Gasteiger partial charge on any atom is 0.321 e. The number of para-hydroxylation sites is 1. The average molecular weight is 321 g/mol. The summed E-state index contributed by atoms with van der Waals surface area (Å²) in [5, 5.41) is 3.02. The summed E-state index contributed by atoms with van der Waals surface area (Å²) in [5.74, 6) is 0. The van der Waals surface area contributed by atoms with Gasteiger partial charge in [-0.1, -0.05) is 24.3 Å². The highest BCUT2D eigenvalue weighted by atomic mass is 16.2. The molecule has 0 bridgehead atoms. The third-order valence-electron chi connectivity index (χ3n) is 4.99. The number of benzene rings is 2. The molecule has 2 aromatic rings. The Morgan fingerprint density at radius 2 is 1.79 bits per heavy atom. The molecule has 2 aromatic carbocycles. The Balaban J connectivity index is 1.37. The Kier molecular flexibility index (Phi) is 3.68. The van der Waals surface area contributed by atoms with E-state index in [1.165, 1.54) is 22.4 Å². The largest absolute Gasteiger partial charge is 0.364 e. The topological polar surface area (TPSA) is 35.6 Å². The lowest BCUT2D eigenvalue weighted by molar-refractivity contribution is 0.162. The van der Waals surface area contributed by atoms with Crippen molar-refractivity contribution in [1.29, 1.82) is 0 Å². The van der Waals surface area contributed by atoms with Gasteiger partial charge in [0.15, 0.2) is 0 Å². The molecular formula is C20H23N3O. The Morgan fingerprint density at radius 1 is 1.08 bits per heavy atom. The van der Waals surface area contributed by atoms with Gasteiger partial charge in [0.25, 0.3) is 0 Å². The fourth-order valence-corrected chi connectivity index (χ4v) is 3.81. The maximum absolute atomic E-state index is 12.4. The first-order chi connectivity index (χ1) is 11.6. The quantitative estimate of drug-likeness (QED) is 0.917. The van der Waals surface area contributed by atoms with Crippen LogP contribution in [0.3, 0.4) is 0 Å². The van der Waals surface area contributed by atoms with Crippen LogP contribution in [-0.2, 0) is 6.42 Å².